The molecule has 0 aromatic heterocycles. The van der Waals surface area contributed by atoms with E-state index >= 15 is 0 Å². The highest BCUT2D eigenvalue weighted by atomic mass is 16.6. The highest BCUT2D eigenvalue weighted by molar-refractivity contribution is 5.96. The average Bonchev–Trinajstić information content (AvgIpc) is 3.02. The van der Waals surface area contributed by atoms with Gasteiger partial charge in [0.2, 0.25) is 0 Å². The number of ether oxygens (including phenoxy) is 2. The first-order valence-electron chi connectivity index (χ1n) is 13.2. The molecule has 194 valence electrons. The minimum absolute atomic E-state index is 0.423. The summed E-state index contributed by atoms with van der Waals surface area (Å²) in [7, 11) is 0. The van der Waals surface area contributed by atoms with Crippen LogP contribution in [0.5, 0.6) is 0 Å². The van der Waals surface area contributed by atoms with Crippen molar-refractivity contribution in [3.63, 3.8) is 0 Å². The normalized spacial score (nSPS) is 12.5. The molecule has 0 aliphatic rings. The smallest absolute Gasteiger partial charge is 0.338 e. The van der Waals surface area contributed by atoms with E-state index in [1.165, 1.54) is 0 Å². The molecule has 6 rings (SSSR count). The molecule has 6 aromatic rings. The van der Waals surface area contributed by atoms with Gasteiger partial charge in [-0.15, -0.1) is 0 Å². The SMILES string of the molecule is O=C(O[C@@H](c1ccccc1)[C@@H](OC(=O)c1ccc2ccccc2c1)c1ccccc1)c1ccc2ccccc2c1. The number of hydrogen-bond donors (Lipinski definition) is 0. The molecule has 40 heavy (non-hydrogen) atoms. The molecular weight excluding hydrogens is 496 g/mol. The molecule has 0 fully saturated rings. The van der Waals surface area contributed by atoms with Crippen molar-refractivity contribution in [2.45, 2.75) is 12.2 Å². The van der Waals surface area contributed by atoms with Crippen molar-refractivity contribution < 1.29 is 19.1 Å². The Kier molecular flexibility index (Phi) is 7.06. The van der Waals surface area contributed by atoms with Gasteiger partial charge in [0.1, 0.15) is 0 Å². The Morgan fingerprint density at radius 2 is 0.750 bits per heavy atom. The maximum atomic E-state index is 13.5. The van der Waals surface area contributed by atoms with Gasteiger partial charge in [0, 0.05) is 0 Å². The van der Waals surface area contributed by atoms with Crippen LogP contribution >= 0.6 is 0 Å². The van der Waals surface area contributed by atoms with E-state index < -0.39 is 24.1 Å². The minimum Gasteiger partial charge on any atom is -0.450 e. The van der Waals surface area contributed by atoms with Crippen molar-refractivity contribution in [2.24, 2.45) is 0 Å². The quantitative estimate of drug-likeness (QED) is 0.197. The number of fused-ring (bicyclic) bond motifs is 2. The third-order valence-electron chi connectivity index (χ3n) is 6.97. The zero-order valence-electron chi connectivity index (χ0n) is 21.6. The van der Waals surface area contributed by atoms with E-state index in [0.717, 1.165) is 32.7 Å². The van der Waals surface area contributed by atoms with Crippen molar-refractivity contribution >= 4 is 33.5 Å². The van der Waals surface area contributed by atoms with E-state index in [2.05, 4.69) is 0 Å². The summed E-state index contributed by atoms with van der Waals surface area (Å²) in [6.07, 6.45) is -1.76. The zero-order valence-corrected chi connectivity index (χ0v) is 21.6. The minimum atomic E-state index is -0.882. The molecule has 4 nitrogen and oxygen atoms in total. The fourth-order valence-electron chi connectivity index (χ4n) is 4.89. The Bertz CT molecular complexity index is 1660. The Hall–Kier alpha value is -5.22. The van der Waals surface area contributed by atoms with Crippen LogP contribution in [0.1, 0.15) is 44.1 Å². The number of carbonyl (C=O) groups is 2. The summed E-state index contributed by atoms with van der Waals surface area (Å²) in [6, 6.07) is 45.4. The monoisotopic (exact) mass is 522 g/mol. The van der Waals surface area contributed by atoms with Crippen LogP contribution in [-0.4, -0.2) is 11.9 Å². The van der Waals surface area contributed by atoms with Gasteiger partial charge in [-0.2, -0.15) is 0 Å². The third-order valence-corrected chi connectivity index (χ3v) is 6.97. The molecule has 0 amide bonds. The summed E-state index contributed by atoms with van der Waals surface area (Å²) in [5, 5.41) is 3.95. The van der Waals surface area contributed by atoms with Crippen molar-refractivity contribution in [3.05, 3.63) is 168 Å². The van der Waals surface area contributed by atoms with E-state index in [1.54, 1.807) is 12.1 Å². The Morgan fingerprint density at radius 1 is 0.400 bits per heavy atom. The van der Waals surface area contributed by atoms with Crippen molar-refractivity contribution in [1.29, 1.82) is 0 Å². The molecular formula is C36H26O4. The van der Waals surface area contributed by atoms with Crippen LogP contribution < -0.4 is 0 Å². The number of carbonyl (C=O) groups excluding carboxylic acids is 2. The lowest BCUT2D eigenvalue weighted by molar-refractivity contribution is -0.0388. The van der Waals surface area contributed by atoms with Gasteiger partial charge in [0.05, 0.1) is 11.1 Å². The Balaban J connectivity index is 1.37. The van der Waals surface area contributed by atoms with E-state index in [1.807, 2.05) is 133 Å². The molecule has 0 aliphatic carbocycles. The molecule has 6 aromatic carbocycles. The number of esters is 2. The summed E-state index contributed by atoms with van der Waals surface area (Å²) in [4.78, 5) is 27.1. The highest BCUT2D eigenvalue weighted by Crippen LogP contribution is 2.37. The first-order valence-corrected chi connectivity index (χ1v) is 13.2. The fraction of sp³-hybridized carbons (Fsp3) is 0.0556. The van der Waals surface area contributed by atoms with Gasteiger partial charge in [-0.1, -0.05) is 121 Å². The van der Waals surface area contributed by atoms with E-state index in [4.69, 9.17) is 9.47 Å². The van der Waals surface area contributed by atoms with Crippen molar-refractivity contribution in [1.82, 2.24) is 0 Å². The maximum Gasteiger partial charge on any atom is 0.338 e. The predicted octanol–water partition coefficient (Wildman–Crippen LogP) is 8.49. The Morgan fingerprint density at radius 3 is 1.15 bits per heavy atom. The summed E-state index contributed by atoms with van der Waals surface area (Å²) in [5.41, 5.74) is 2.29. The first kappa shape index (κ1) is 25.1. The van der Waals surface area contributed by atoms with Gasteiger partial charge in [-0.05, 0) is 56.9 Å². The van der Waals surface area contributed by atoms with Gasteiger partial charge < -0.3 is 9.47 Å². The van der Waals surface area contributed by atoms with Crippen molar-refractivity contribution in [3.8, 4) is 0 Å². The molecule has 0 radical (unpaired) electrons. The van der Waals surface area contributed by atoms with Gasteiger partial charge in [-0.3, -0.25) is 0 Å². The summed E-state index contributed by atoms with van der Waals surface area (Å²) < 4.78 is 12.4. The maximum absolute atomic E-state index is 13.5. The highest BCUT2D eigenvalue weighted by Gasteiger charge is 2.32. The molecule has 0 heterocycles. The standard InChI is InChI=1S/C36H26O4/c37-35(31-21-19-25-11-7-9-17-29(25)23-31)39-33(27-13-3-1-4-14-27)34(28-15-5-2-6-16-28)40-36(38)32-22-20-26-12-8-10-18-30(26)24-32/h1-24,33-34H/t33-,34-/m0/s1. The van der Waals surface area contributed by atoms with Crippen LogP contribution in [0.4, 0.5) is 0 Å². The number of benzene rings is 6. The van der Waals surface area contributed by atoms with Crippen LogP contribution in [0.15, 0.2) is 146 Å². The van der Waals surface area contributed by atoms with Crippen LogP contribution in [-0.2, 0) is 9.47 Å². The summed E-state index contributed by atoms with van der Waals surface area (Å²) >= 11 is 0. The molecule has 0 N–H and O–H groups in total. The topological polar surface area (TPSA) is 52.6 Å². The number of rotatable bonds is 7. The fourth-order valence-corrected chi connectivity index (χ4v) is 4.89. The van der Waals surface area contributed by atoms with Crippen LogP contribution in [0.2, 0.25) is 0 Å². The van der Waals surface area contributed by atoms with E-state index in [9.17, 15) is 9.59 Å². The molecule has 0 saturated heterocycles. The third kappa shape index (κ3) is 5.33. The largest absolute Gasteiger partial charge is 0.450 e. The van der Waals surface area contributed by atoms with Crippen LogP contribution in [0, 0.1) is 0 Å². The predicted molar refractivity (Wildman–Crippen MR) is 157 cm³/mol. The first-order chi connectivity index (χ1) is 19.7. The molecule has 0 bridgehead atoms. The second-order valence-electron chi connectivity index (χ2n) is 9.60. The van der Waals surface area contributed by atoms with Crippen LogP contribution in [0.25, 0.3) is 21.5 Å². The van der Waals surface area contributed by atoms with E-state index in [0.29, 0.717) is 11.1 Å². The average molecular weight is 523 g/mol. The second-order valence-corrected chi connectivity index (χ2v) is 9.60. The summed E-state index contributed by atoms with van der Waals surface area (Å²) in [6.45, 7) is 0. The molecule has 4 heteroatoms. The molecule has 2 atom stereocenters. The molecule has 0 spiro atoms. The lowest BCUT2D eigenvalue weighted by Gasteiger charge is -2.28. The van der Waals surface area contributed by atoms with Gasteiger partial charge >= 0.3 is 11.9 Å². The zero-order chi connectivity index (χ0) is 27.3. The summed E-state index contributed by atoms with van der Waals surface area (Å²) in [5.74, 6) is -0.996. The van der Waals surface area contributed by atoms with E-state index in [-0.39, 0.29) is 0 Å². The lowest BCUT2D eigenvalue weighted by Crippen LogP contribution is -2.23. The van der Waals surface area contributed by atoms with Crippen LogP contribution in [0.3, 0.4) is 0 Å². The molecule has 0 saturated carbocycles. The Labute approximate surface area is 232 Å². The van der Waals surface area contributed by atoms with Crippen molar-refractivity contribution in [2.75, 3.05) is 0 Å². The molecule has 0 unspecified atom stereocenters. The van der Waals surface area contributed by atoms with Gasteiger partial charge in [-0.25, -0.2) is 9.59 Å². The lowest BCUT2D eigenvalue weighted by atomic mass is 9.97. The van der Waals surface area contributed by atoms with Gasteiger partial charge in [0.25, 0.3) is 0 Å². The van der Waals surface area contributed by atoms with Gasteiger partial charge in [0.15, 0.2) is 12.2 Å². The number of hydrogen-bond acceptors (Lipinski definition) is 4. The second kappa shape index (κ2) is 11.3. The molecule has 0 aliphatic heterocycles.